The van der Waals surface area contributed by atoms with E-state index in [1.54, 1.807) is 0 Å². The van der Waals surface area contributed by atoms with Gasteiger partial charge in [-0.2, -0.15) is 0 Å². The largest absolute Gasteiger partial charge is 0.314 e. The molecule has 1 rings (SSSR count). The molecule has 11 heavy (non-hydrogen) atoms. The maximum atomic E-state index is 3.31. The zero-order valence-electron chi connectivity index (χ0n) is 7.85. The molecule has 0 saturated heterocycles. The fourth-order valence-electron chi connectivity index (χ4n) is 1.70. The quantitative estimate of drug-likeness (QED) is 0.570. The first-order valence-electron chi connectivity index (χ1n) is 4.48. The second-order valence-electron chi connectivity index (χ2n) is 4.23. The lowest BCUT2D eigenvalue weighted by atomic mass is 9.83. The average Bonchev–Trinajstić information content (AvgIpc) is 2.10. The molecule has 0 amide bonds. The Morgan fingerprint density at radius 1 is 1.45 bits per heavy atom. The summed E-state index contributed by atoms with van der Waals surface area (Å²) in [4.78, 5) is 0. The molecule has 64 valence electrons. The minimum atomic E-state index is 0.511. The number of nitrogens with one attached hydrogen (secondary N) is 1. The van der Waals surface area contributed by atoms with Crippen molar-refractivity contribution in [3.63, 3.8) is 0 Å². The monoisotopic (exact) mass is 153 g/mol. The highest BCUT2D eigenvalue weighted by atomic mass is 14.9. The van der Waals surface area contributed by atoms with Crippen LogP contribution in [0.15, 0.2) is 12.2 Å². The van der Waals surface area contributed by atoms with E-state index in [9.17, 15) is 0 Å². The third-order valence-electron chi connectivity index (χ3n) is 2.50. The van der Waals surface area contributed by atoms with E-state index in [0.29, 0.717) is 11.5 Å². The van der Waals surface area contributed by atoms with E-state index in [4.69, 9.17) is 0 Å². The fraction of sp³-hybridized carbons (Fsp3) is 0.800. The van der Waals surface area contributed by atoms with Crippen molar-refractivity contribution in [2.45, 2.75) is 39.2 Å². The second-order valence-corrected chi connectivity index (χ2v) is 4.23. The van der Waals surface area contributed by atoms with Crippen LogP contribution in [0.25, 0.3) is 0 Å². The maximum absolute atomic E-state index is 3.31. The van der Waals surface area contributed by atoms with Crippen molar-refractivity contribution in [3.05, 3.63) is 12.2 Å². The van der Waals surface area contributed by atoms with Crippen molar-refractivity contribution < 1.29 is 0 Å². The van der Waals surface area contributed by atoms with Crippen molar-refractivity contribution >= 4 is 0 Å². The lowest BCUT2D eigenvalue weighted by molar-refractivity contribution is 0.294. The van der Waals surface area contributed by atoms with Crippen LogP contribution in [0.1, 0.15) is 33.1 Å². The lowest BCUT2D eigenvalue weighted by Crippen LogP contribution is -2.28. The van der Waals surface area contributed by atoms with E-state index in [0.717, 1.165) is 0 Å². The van der Waals surface area contributed by atoms with Crippen molar-refractivity contribution in [2.24, 2.45) is 5.41 Å². The number of rotatable bonds is 1. The molecule has 0 bridgehead atoms. The van der Waals surface area contributed by atoms with Gasteiger partial charge in [0.1, 0.15) is 0 Å². The Kier molecular flexibility index (Phi) is 2.72. The Morgan fingerprint density at radius 3 is 2.82 bits per heavy atom. The molecule has 0 fully saturated rings. The van der Waals surface area contributed by atoms with Crippen LogP contribution in [0.2, 0.25) is 0 Å². The van der Waals surface area contributed by atoms with Gasteiger partial charge < -0.3 is 5.32 Å². The van der Waals surface area contributed by atoms with Crippen molar-refractivity contribution in [1.29, 1.82) is 0 Å². The van der Waals surface area contributed by atoms with Crippen LogP contribution in [0, 0.1) is 5.41 Å². The third kappa shape index (κ3) is 2.66. The standard InChI is InChI=1S/C10H19N/c1-10(2)7-5-4-6-9(8-10)11-3/h4,6,9,11H,5,7-8H2,1-3H3. The highest BCUT2D eigenvalue weighted by Crippen LogP contribution is 2.30. The Bertz CT molecular complexity index is 147. The van der Waals surface area contributed by atoms with Gasteiger partial charge in [-0.3, -0.25) is 0 Å². The summed E-state index contributed by atoms with van der Waals surface area (Å²) in [5, 5.41) is 3.31. The Morgan fingerprint density at radius 2 is 2.18 bits per heavy atom. The molecule has 1 heteroatoms. The number of hydrogen-bond acceptors (Lipinski definition) is 1. The summed E-state index contributed by atoms with van der Waals surface area (Å²) >= 11 is 0. The molecule has 1 aliphatic carbocycles. The first-order chi connectivity index (χ1) is 5.14. The first-order valence-corrected chi connectivity index (χ1v) is 4.48. The third-order valence-corrected chi connectivity index (χ3v) is 2.50. The first kappa shape index (κ1) is 8.79. The van der Waals surface area contributed by atoms with E-state index in [-0.39, 0.29) is 0 Å². The van der Waals surface area contributed by atoms with E-state index in [2.05, 4.69) is 31.3 Å². The molecule has 0 aromatic heterocycles. The predicted molar refractivity (Wildman–Crippen MR) is 49.6 cm³/mol. The van der Waals surface area contributed by atoms with Gasteiger partial charge in [-0.25, -0.2) is 0 Å². The zero-order valence-corrected chi connectivity index (χ0v) is 7.85. The van der Waals surface area contributed by atoms with Gasteiger partial charge in [-0.05, 0) is 31.7 Å². The normalized spacial score (nSPS) is 29.9. The predicted octanol–water partition coefficient (Wildman–Crippen LogP) is 2.34. The van der Waals surface area contributed by atoms with Crippen LogP contribution in [0.4, 0.5) is 0 Å². The molecule has 1 atom stereocenters. The zero-order chi connectivity index (χ0) is 8.32. The molecule has 1 N–H and O–H groups in total. The van der Waals surface area contributed by atoms with Crippen LogP contribution >= 0.6 is 0 Å². The molecule has 0 radical (unpaired) electrons. The average molecular weight is 153 g/mol. The van der Waals surface area contributed by atoms with Gasteiger partial charge in [-0.1, -0.05) is 26.0 Å². The summed E-state index contributed by atoms with van der Waals surface area (Å²) in [6.45, 7) is 4.70. The smallest absolute Gasteiger partial charge is 0.0252 e. The number of likely N-dealkylation sites (N-methyl/N-ethyl adjacent to an activating group) is 1. The maximum Gasteiger partial charge on any atom is 0.0252 e. The molecular weight excluding hydrogens is 134 g/mol. The highest BCUT2D eigenvalue weighted by Gasteiger charge is 2.22. The molecule has 0 aromatic carbocycles. The summed E-state index contributed by atoms with van der Waals surface area (Å²) in [7, 11) is 2.04. The number of allylic oxidation sites excluding steroid dienone is 1. The SMILES string of the molecule is CNC1C=CCCC(C)(C)C1. The van der Waals surface area contributed by atoms with Gasteiger partial charge >= 0.3 is 0 Å². The van der Waals surface area contributed by atoms with Gasteiger partial charge in [0.25, 0.3) is 0 Å². The summed E-state index contributed by atoms with van der Waals surface area (Å²) in [5.41, 5.74) is 0.511. The van der Waals surface area contributed by atoms with Crippen LogP contribution < -0.4 is 5.32 Å². The molecule has 0 heterocycles. The summed E-state index contributed by atoms with van der Waals surface area (Å²) in [5.74, 6) is 0. The van der Waals surface area contributed by atoms with Gasteiger partial charge in [0, 0.05) is 6.04 Å². The molecular formula is C10H19N. The van der Waals surface area contributed by atoms with E-state index < -0.39 is 0 Å². The Balaban J connectivity index is 2.56. The van der Waals surface area contributed by atoms with E-state index >= 15 is 0 Å². The summed E-state index contributed by atoms with van der Waals surface area (Å²) in [6.07, 6.45) is 8.43. The van der Waals surface area contributed by atoms with Gasteiger partial charge in [0.2, 0.25) is 0 Å². The van der Waals surface area contributed by atoms with Crippen molar-refractivity contribution in [3.8, 4) is 0 Å². The Hall–Kier alpha value is -0.300. The molecule has 1 unspecified atom stereocenters. The van der Waals surface area contributed by atoms with Gasteiger partial charge in [-0.15, -0.1) is 0 Å². The molecule has 1 aliphatic rings. The van der Waals surface area contributed by atoms with E-state index in [1.807, 2.05) is 7.05 Å². The minimum Gasteiger partial charge on any atom is -0.314 e. The fourth-order valence-corrected chi connectivity index (χ4v) is 1.70. The minimum absolute atomic E-state index is 0.511. The van der Waals surface area contributed by atoms with Gasteiger partial charge in [0.15, 0.2) is 0 Å². The van der Waals surface area contributed by atoms with Crippen molar-refractivity contribution in [1.82, 2.24) is 5.32 Å². The second kappa shape index (κ2) is 3.40. The molecule has 0 saturated carbocycles. The summed E-state index contributed by atoms with van der Waals surface area (Å²) < 4.78 is 0. The van der Waals surface area contributed by atoms with Crippen LogP contribution in [-0.2, 0) is 0 Å². The van der Waals surface area contributed by atoms with Crippen LogP contribution in [-0.4, -0.2) is 13.1 Å². The van der Waals surface area contributed by atoms with Crippen LogP contribution in [0.3, 0.4) is 0 Å². The Labute approximate surface area is 69.9 Å². The molecule has 0 spiro atoms. The van der Waals surface area contributed by atoms with E-state index in [1.165, 1.54) is 19.3 Å². The highest BCUT2D eigenvalue weighted by molar-refractivity contribution is 4.99. The number of hydrogen-bond donors (Lipinski definition) is 1. The molecule has 0 aliphatic heterocycles. The summed E-state index contributed by atoms with van der Waals surface area (Å²) in [6, 6.07) is 0.590. The molecule has 0 aromatic rings. The lowest BCUT2D eigenvalue weighted by Gasteiger charge is -2.25. The molecule has 1 nitrogen and oxygen atoms in total. The van der Waals surface area contributed by atoms with Crippen molar-refractivity contribution in [2.75, 3.05) is 7.05 Å². The van der Waals surface area contributed by atoms with Crippen LogP contribution in [0.5, 0.6) is 0 Å². The van der Waals surface area contributed by atoms with Gasteiger partial charge in [0.05, 0.1) is 0 Å². The topological polar surface area (TPSA) is 12.0 Å².